The van der Waals surface area contributed by atoms with Crippen LogP contribution < -0.4 is 5.32 Å². The van der Waals surface area contributed by atoms with Crippen molar-refractivity contribution in [2.24, 2.45) is 0 Å². The molecule has 0 saturated heterocycles. The van der Waals surface area contributed by atoms with Crippen LogP contribution in [0.5, 0.6) is 0 Å². The van der Waals surface area contributed by atoms with E-state index in [1.54, 1.807) is 0 Å². The molecular weight excluding hydrogens is 342 g/mol. The van der Waals surface area contributed by atoms with E-state index in [2.05, 4.69) is 83.9 Å². The van der Waals surface area contributed by atoms with Crippen molar-refractivity contribution in [3.05, 3.63) is 56.7 Å². The first-order chi connectivity index (χ1) is 10.2. The Morgan fingerprint density at radius 1 is 1.14 bits per heavy atom. The molecule has 3 heteroatoms. The van der Waals surface area contributed by atoms with E-state index in [9.17, 15) is 0 Å². The molecule has 1 atom stereocenters. The lowest BCUT2D eigenvalue weighted by atomic mass is 9.69. The Labute approximate surface area is 140 Å². The van der Waals surface area contributed by atoms with E-state index in [1.165, 1.54) is 14.9 Å². The Hall–Kier alpha value is -0.640. The van der Waals surface area contributed by atoms with Crippen LogP contribution in [0.4, 0.5) is 0 Å². The first-order valence-corrected chi connectivity index (χ1v) is 9.29. The summed E-state index contributed by atoms with van der Waals surface area (Å²) in [4.78, 5) is 1.43. The highest BCUT2D eigenvalue weighted by molar-refractivity contribution is 9.10. The fourth-order valence-corrected chi connectivity index (χ4v) is 4.91. The van der Waals surface area contributed by atoms with E-state index in [0.29, 0.717) is 6.04 Å². The quantitative estimate of drug-likeness (QED) is 0.692. The molecule has 0 radical (unpaired) electrons. The molecular formula is C18H24BrNS. The molecule has 1 unspecified atom stereocenters. The van der Waals surface area contributed by atoms with Crippen LogP contribution in [0.2, 0.25) is 0 Å². The zero-order chi connectivity index (χ0) is 15.3. The Morgan fingerprint density at radius 3 is 2.29 bits per heavy atom. The third-order valence-electron chi connectivity index (χ3n) is 4.71. The van der Waals surface area contributed by atoms with Gasteiger partial charge in [-0.3, -0.25) is 0 Å². The minimum Gasteiger partial charge on any atom is -0.316 e. The molecule has 0 saturated carbocycles. The van der Waals surface area contributed by atoms with Gasteiger partial charge < -0.3 is 5.32 Å². The molecule has 2 rings (SSSR count). The molecule has 21 heavy (non-hydrogen) atoms. The third-order valence-corrected chi connectivity index (χ3v) is 6.66. The second kappa shape index (κ2) is 7.57. The second-order valence-electron chi connectivity index (χ2n) is 5.47. The van der Waals surface area contributed by atoms with Crippen LogP contribution in [0.1, 0.15) is 37.1 Å². The van der Waals surface area contributed by atoms with Crippen molar-refractivity contribution >= 4 is 27.3 Å². The minimum absolute atomic E-state index is 0.180. The smallest absolute Gasteiger partial charge is 0.0314 e. The van der Waals surface area contributed by atoms with Gasteiger partial charge in [-0.1, -0.05) is 44.2 Å². The Kier molecular flexibility index (Phi) is 6.03. The molecule has 0 aliphatic heterocycles. The molecule has 0 aliphatic carbocycles. The van der Waals surface area contributed by atoms with E-state index >= 15 is 0 Å². The molecule has 1 aromatic heterocycles. The predicted molar refractivity (Wildman–Crippen MR) is 97.3 cm³/mol. The molecule has 1 heterocycles. The number of hydrogen-bond donors (Lipinski definition) is 1. The molecule has 0 aliphatic rings. The van der Waals surface area contributed by atoms with Gasteiger partial charge in [-0.2, -0.15) is 0 Å². The highest BCUT2D eigenvalue weighted by atomic mass is 79.9. The topological polar surface area (TPSA) is 12.0 Å². The molecule has 1 N–H and O–H groups in total. The second-order valence-corrected chi connectivity index (χ2v) is 7.32. The summed E-state index contributed by atoms with van der Waals surface area (Å²) < 4.78 is 1.24. The zero-order valence-electron chi connectivity index (χ0n) is 13.0. The lowest BCUT2D eigenvalue weighted by molar-refractivity contribution is 0.281. The Morgan fingerprint density at radius 2 is 1.81 bits per heavy atom. The van der Waals surface area contributed by atoms with E-state index in [-0.39, 0.29) is 5.41 Å². The summed E-state index contributed by atoms with van der Waals surface area (Å²) in [5.41, 5.74) is 1.63. The normalized spacial score (nSPS) is 13.3. The third kappa shape index (κ3) is 3.41. The average Bonchev–Trinajstić information content (AvgIpc) is 2.94. The lowest BCUT2D eigenvalue weighted by Gasteiger charge is -2.40. The number of likely N-dealkylation sites (N-methyl/N-ethyl adjacent to an activating group) is 1. The van der Waals surface area contributed by atoms with Gasteiger partial charge >= 0.3 is 0 Å². The number of rotatable bonds is 7. The van der Waals surface area contributed by atoms with Crippen LogP contribution in [0.25, 0.3) is 0 Å². The maximum Gasteiger partial charge on any atom is 0.0314 e. The standard InChI is InChI=1S/C18H24BrNS/c1-4-18(5-2,14-9-7-6-8-10-14)17(20-3)13-16-15(19)11-12-21-16/h6-12,17,20H,4-5,13H2,1-3H3. The van der Waals surface area contributed by atoms with Gasteiger partial charge in [0.15, 0.2) is 0 Å². The highest BCUT2D eigenvalue weighted by Crippen LogP contribution is 2.38. The summed E-state index contributed by atoms with van der Waals surface area (Å²) in [6.07, 6.45) is 3.34. The largest absolute Gasteiger partial charge is 0.316 e. The summed E-state index contributed by atoms with van der Waals surface area (Å²) in [7, 11) is 2.09. The van der Waals surface area contributed by atoms with Crippen LogP contribution in [0.3, 0.4) is 0 Å². The van der Waals surface area contributed by atoms with Gasteiger partial charge in [-0.05, 0) is 59.2 Å². The minimum atomic E-state index is 0.180. The van der Waals surface area contributed by atoms with Crippen LogP contribution >= 0.6 is 27.3 Å². The van der Waals surface area contributed by atoms with Crippen molar-refractivity contribution < 1.29 is 0 Å². The Balaban J connectivity index is 2.37. The van der Waals surface area contributed by atoms with E-state index in [4.69, 9.17) is 0 Å². The molecule has 2 aromatic rings. The van der Waals surface area contributed by atoms with E-state index in [1.807, 2.05) is 11.3 Å². The van der Waals surface area contributed by atoms with Crippen molar-refractivity contribution in [1.29, 1.82) is 0 Å². The van der Waals surface area contributed by atoms with Crippen LogP contribution in [0, 0.1) is 0 Å². The average molecular weight is 366 g/mol. The van der Waals surface area contributed by atoms with Gasteiger partial charge in [0, 0.05) is 20.8 Å². The summed E-state index contributed by atoms with van der Waals surface area (Å²) in [5, 5.41) is 5.76. The highest BCUT2D eigenvalue weighted by Gasteiger charge is 2.36. The number of halogens is 1. The molecule has 0 amide bonds. The first kappa shape index (κ1) is 16.7. The predicted octanol–water partition coefficient (Wildman–Crippen LogP) is 5.40. The van der Waals surface area contributed by atoms with Gasteiger partial charge in [0.2, 0.25) is 0 Å². The number of hydrogen-bond acceptors (Lipinski definition) is 2. The van der Waals surface area contributed by atoms with Crippen LogP contribution in [-0.2, 0) is 11.8 Å². The summed E-state index contributed by atoms with van der Waals surface area (Å²) in [5.74, 6) is 0. The van der Waals surface area contributed by atoms with E-state index in [0.717, 1.165) is 19.3 Å². The Bertz CT molecular complexity index is 545. The maximum atomic E-state index is 3.67. The molecule has 114 valence electrons. The SMILES string of the molecule is CCC(CC)(c1ccccc1)C(Cc1sccc1Br)NC. The summed E-state index contributed by atoms with van der Waals surface area (Å²) in [6, 6.07) is 13.6. The lowest BCUT2D eigenvalue weighted by Crippen LogP contribution is -2.48. The zero-order valence-corrected chi connectivity index (χ0v) is 15.4. The molecule has 1 nitrogen and oxygen atoms in total. The van der Waals surface area contributed by atoms with Gasteiger partial charge in [-0.15, -0.1) is 11.3 Å². The molecule has 1 aromatic carbocycles. The summed E-state index contributed by atoms with van der Waals surface area (Å²) >= 11 is 5.51. The van der Waals surface area contributed by atoms with Crippen molar-refractivity contribution in [1.82, 2.24) is 5.32 Å². The number of nitrogens with one attached hydrogen (secondary N) is 1. The molecule has 0 spiro atoms. The fraction of sp³-hybridized carbons (Fsp3) is 0.444. The first-order valence-electron chi connectivity index (χ1n) is 7.62. The van der Waals surface area contributed by atoms with Crippen LogP contribution in [0.15, 0.2) is 46.3 Å². The molecule has 0 fully saturated rings. The summed E-state index contributed by atoms with van der Waals surface area (Å²) in [6.45, 7) is 4.62. The van der Waals surface area contributed by atoms with Gasteiger partial charge in [0.25, 0.3) is 0 Å². The maximum absolute atomic E-state index is 3.67. The molecule has 0 bridgehead atoms. The van der Waals surface area contributed by atoms with Gasteiger partial charge in [-0.25, -0.2) is 0 Å². The van der Waals surface area contributed by atoms with Gasteiger partial charge in [0.05, 0.1) is 0 Å². The van der Waals surface area contributed by atoms with Crippen molar-refractivity contribution in [3.8, 4) is 0 Å². The number of benzene rings is 1. The van der Waals surface area contributed by atoms with Gasteiger partial charge in [0.1, 0.15) is 0 Å². The van der Waals surface area contributed by atoms with Crippen molar-refractivity contribution in [3.63, 3.8) is 0 Å². The van der Waals surface area contributed by atoms with E-state index < -0.39 is 0 Å². The monoisotopic (exact) mass is 365 g/mol. The number of thiophene rings is 1. The van der Waals surface area contributed by atoms with Crippen molar-refractivity contribution in [2.45, 2.75) is 44.6 Å². The fourth-order valence-electron chi connectivity index (χ4n) is 3.35. The van der Waals surface area contributed by atoms with Crippen LogP contribution in [-0.4, -0.2) is 13.1 Å². The van der Waals surface area contributed by atoms with Crippen molar-refractivity contribution in [2.75, 3.05) is 7.05 Å².